The SMILES string of the molecule is CCc1noc(C)c1C(=O)NC[C@]1(O)CCCN(c2ccccn2)C1. The van der Waals surface area contributed by atoms with E-state index in [1.807, 2.05) is 25.1 Å². The Labute approximate surface area is 147 Å². The smallest absolute Gasteiger partial charge is 0.256 e. The van der Waals surface area contributed by atoms with Crippen molar-refractivity contribution in [3.63, 3.8) is 0 Å². The number of hydrogen-bond acceptors (Lipinski definition) is 6. The number of amides is 1. The molecule has 0 bridgehead atoms. The fourth-order valence-corrected chi connectivity index (χ4v) is 3.28. The Morgan fingerprint density at radius 1 is 1.48 bits per heavy atom. The molecule has 0 aliphatic carbocycles. The second-order valence-corrected chi connectivity index (χ2v) is 6.53. The molecule has 0 saturated carbocycles. The normalized spacial score (nSPS) is 20.5. The highest BCUT2D eigenvalue weighted by atomic mass is 16.5. The predicted molar refractivity (Wildman–Crippen MR) is 93.6 cm³/mol. The molecule has 0 unspecified atom stereocenters. The summed E-state index contributed by atoms with van der Waals surface area (Å²) in [6.07, 6.45) is 3.85. The van der Waals surface area contributed by atoms with Gasteiger partial charge in [-0.25, -0.2) is 4.98 Å². The lowest BCUT2D eigenvalue weighted by atomic mass is 9.92. The van der Waals surface area contributed by atoms with Gasteiger partial charge in [0.15, 0.2) is 0 Å². The summed E-state index contributed by atoms with van der Waals surface area (Å²) in [6, 6.07) is 5.73. The van der Waals surface area contributed by atoms with Gasteiger partial charge in [0, 0.05) is 25.8 Å². The van der Waals surface area contributed by atoms with Gasteiger partial charge in [-0.15, -0.1) is 0 Å². The van der Waals surface area contributed by atoms with Gasteiger partial charge in [0.05, 0.1) is 11.3 Å². The third-order valence-corrected chi connectivity index (χ3v) is 4.60. The molecule has 1 aliphatic rings. The molecule has 3 heterocycles. The third kappa shape index (κ3) is 3.82. The van der Waals surface area contributed by atoms with E-state index in [1.165, 1.54) is 0 Å². The van der Waals surface area contributed by atoms with E-state index in [1.54, 1.807) is 13.1 Å². The Bertz CT molecular complexity index is 731. The van der Waals surface area contributed by atoms with Crippen molar-refractivity contribution in [1.29, 1.82) is 0 Å². The summed E-state index contributed by atoms with van der Waals surface area (Å²) < 4.78 is 5.11. The number of piperidine rings is 1. The lowest BCUT2D eigenvalue weighted by Crippen LogP contribution is -2.54. The molecular formula is C18H24N4O3. The molecule has 2 aromatic heterocycles. The van der Waals surface area contributed by atoms with Crippen molar-refractivity contribution in [2.45, 2.75) is 38.7 Å². The summed E-state index contributed by atoms with van der Waals surface area (Å²) in [5.41, 5.74) is 0.132. The van der Waals surface area contributed by atoms with Crippen LogP contribution < -0.4 is 10.2 Å². The average Bonchev–Trinajstić information content (AvgIpc) is 3.01. The fraction of sp³-hybridized carbons (Fsp3) is 0.500. The van der Waals surface area contributed by atoms with Crippen molar-refractivity contribution < 1.29 is 14.4 Å². The lowest BCUT2D eigenvalue weighted by Gasteiger charge is -2.39. The van der Waals surface area contributed by atoms with Crippen molar-refractivity contribution in [2.75, 3.05) is 24.5 Å². The number of β-amino-alcohol motifs (C(OH)–C–C–N with tert-alkyl or cyclic N) is 1. The number of carbonyl (C=O) groups is 1. The molecule has 0 radical (unpaired) electrons. The van der Waals surface area contributed by atoms with Gasteiger partial charge in [0.1, 0.15) is 17.1 Å². The summed E-state index contributed by atoms with van der Waals surface area (Å²) in [5.74, 6) is 1.09. The maximum Gasteiger partial charge on any atom is 0.256 e. The molecule has 0 aromatic carbocycles. The maximum absolute atomic E-state index is 12.5. The van der Waals surface area contributed by atoms with Crippen LogP contribution in [0.15, 0.2) is 28.9 Å². The van der Waals surface area contributed by atoms with E-state index in [9.17, 15) is 9.90 Å². The Balaban J connectivity index is 1.65. The Morgan fingerprint density at radius 2 is 2.32 bits per heavy atom. The second-order valence-electron chi connectivity index (χ2n) is 6.53. The largest absolute Gasteiger partial charge is 0.386 e. The summed E-state index contributed by atoms with van der Waals surface area (Å²) in [6.45, 7) is 5.11. The Morgan fingerprint density at radius 3 is 3.04 bits per heavy atom. The van der Waals surface area contributed by atoms with E-state index in [2.05, 4.69) is 20.4 Å². The van der Waals surface area contributed by atoms with Gasteiger partial charge in [-0.05, 0) is 38.3 Å². The van der Waals surface area contributed by atoms with Gasteiger partial charge in [-0.1, -0.05) is 18.1 Å². The molecule has 2 N–H and O–H groups in total. The lowest BCUT2D eigenvalue weighted by molar-refractivity contribution is 0.0254. The number of carbonyl (C=O) groups excluding carboxylic acids is 1. The molecule has 0 spiro atoms. The van der Waals surface area contributed by atoms with Crippen LogP contribution in [0.25, 0.3) is 0 Å². The molecule has 2 aromatic rings. The first-order valence-corrected chi connectivity index (χ1v) is 8.64. The molecule has 1 saturated heterocycles. The number of hydrogen-bond donors (Lipinski definition) is 2. The van der Waals surface area contributed by atoms with Gasteiger partial charge in [0.2, 0.25) is 0 Å². The quantitative estimate of drug-likeness (QED) is 0.858. The standard InChI is InChI=1S/C18H24N4O3/c1-3-14-16(13(2)25-21-14)17(23)20-11-18(24)8-6-10-22(12-18)15-7-4-5-9-19-15/h4-5,7,9,24H,3,6,8,10-12H2,1-2H3,(H,20,23)/t18-/m1/s1. The van der Waals surface area contributed by atoms with Crippen LogP contribution in [-0.4, -0.2) is 46.4 Å². The number of aromatic nitrogens is 2. The fourth-order valence-electron chi connectivity index (χ4n) is 3.28. The zero-order valence-electron chi connectivity index (χ0n) is 14.7. The van der Waals surface area contributed by atoms with E-state index in [-0.39, 0.29) is 12.5 Å². The number of nitrogens with zero attached hydrogens (tertiary/aromatic N) is 3. The van der Waals surface area contributed by atoms with Crippen LogP contribution >= 0.6 is 0 Å². The molecule has 1 aliphatic heterocycles. The topological polar surface area (TPSA) is 91.5 Å². The van der Waals surface area contributed by atoms with Gasteiger partial charge in [-0.3, -0.25) is 4.79 Å². The molecule has 25 heavy (non-hydrogen) atoms. The van der Waals surface area contributed by atoms with Crippen LogP contribution in [0, 0.1) is 6.92 Å². The molecule has 7 heteroatoms. The van der Waals surface area contributed by atoms with E-state index in [4.69, 9.17) is 4.52 Å². The van der Waals surface area contributed by atoms with E-state index >= 15 is 0 Å². The molecular weight excluding hydrogens is 320 g/mol. The van der Waals surface area contributed by atoms with Gasteiger partial charge in [-0.2, -0.15) is 0 Å². The molecule has 7 nitrogen and oxygen atoms in total. The maximum atomic E-state index is 12.5. The highest BCUT2D eigenvalue weighted by molar-refractivity contribution is 5.96. The Kier molecular flexibility index (Phi) is 5.03. The first kappa shape index (κ1) is 17.4. The third-order valence-electron chi connectivity index (χ3n) is 4.60. The molecule has 1 amide bonds. The zero-order valence-corrected chi connectivity index (χ0v) is 14.7. The van der Waals surface area contributed by atoms with Crippen LogP contribution in [0.2, 0.25) is 0 Å². The Hall–Kier alpha value is -2.41. The number of aryl methyl sites for hydroxylation is 2. The number of nitrogens with one attached hydrogen (secondary N) is 1. The summed E-state index contributed by atoms with van der Waals surface area (Å²) >= 11 is 0. The number of anilines is 1. The summed E-state index contributed by atoms with van der Waals surface area (Å²) in [4.78, 5) is 18.9. The van der Waals surface area contributed by atoms with Gasteiger partial charge in [0.25, 0.3) is 5.91 Å². The summed E-state index contributed by atoms with van der Waals surface area (Å²) in [5, 5.41) is 17.7. The van der Waals surface area contributed by atoms with Crippen LogP contribution in [0.1, 0.15) is 41.6 Å². The van der Waals surface area contributed by atoms with Crippen molar-refractivity contribution in [3.05, 3.63) is 41.4 Å². The van der Waals surface area contributed by atoms with Crippen LogP contribution in [0.5, 0.6) is 0 Å². The van der Waals surface area contributed by atoms with Crippen LogP contribution in [0.4, 0.5) is 5.82 Å². The molecule has 134 valence electrons. The minimum absolute atomic E-state index is 0.183. The first-order valence-electron chi connectivity index (χ1n) is 8.64. The van der Waals surface area contributed by atoms with E-state index in [0.717, 1.165) is 18.8 Å². The highest BCUT2D eigenvalue weighted by Crippen LogP contribution is 2.24. The zero-order chi connectivity index (χ0) is 17.9. The minimum atomic E-state index is -0.983. The van der Waals surface area contributed by atoms with Crippen LogP contribution in [0.3, 0.4) is 0 Å². The number of aliphatic hydroxyl groups is 1. The van der Waals surface area contributed by atoms with Crippen LogP contribution in [-0.2, 0) is 6.42 Å². The van der Waals surface area contributed by atoms with Crippen molar-refractivity contribution in [2.24, 2.45) is 0 Å². The molecule has 3 rings (SSSR count). The van der Waals surface area contributed by atoms with Gasteiger partial charge >= 0.3 is 0 Å². The predicted octanol–water partition coefficient (Wildman–Crippen LogP) is 1.70. The number of rotatable bonds is 5. The van der Waals surface area contributed by atoms with Gasteiger partial charge < -0.3 is 19.8 Å². The van der Waals surface area contributed by atoms with E-state index < -0.39 is 5.60 Å². The van der Waals surface area contributed by atoms with Crippen molar-refractivity contribution >= 4 is 11.7 Å². The first-order chi connectivity index (χ1) is 12.0. The van der Waals surface area contributed by atoms with E-state index in [0.29, 0.717) is 36.4 Å². The average molecular weight is 344 g/mol. The second kappa shape index (κ2) is 7.23. The number of pyridine rings is 1. The van der Waals surface area contributed by atoms with Crippen molar-refractivity contribution in [1.82, 2.24) is 15.5 Å². The van der Waals surface area contributed by atoms with Crippen molar-refractivity contribution in [3.8, 4) is 0 Å². The molecule has 1 fully saturated rings. The highest BCUT2D eigenvalue weighted by Gasteiger charge is 2.34. The monoisotopic (exact) mass is 344 g/mol. The minimum Gasteiger partial charge on any atom is -0.386 e. The molecule has 1 atom stereocenters. The summed E-state index contributed by atoms with van der Waals surface area (Å²) in [7, 11) is 0.